The Morgan fingerprint density at radius 1 is 1.22 bits per heavy atom. The summed E-state index contributed by atoms with van der Waals surface area (Å²) in [6, 6.07) is 5.90. The van der Waals surface area contributed by atoms with Crippen LogP contribution in [0.2, 0.25) is 5.02 Å². The molecule has 0 radical (unpaired) electrons. The van der Waals surface area contributed by atoms with Gasteiger partial charge in [0.2, 0.25) is 5.91 Å². The molecule has 0 spiro atoms. The number of carbonyl (C=O) groups is 2. The van der Waals surface area contributed by atoms with Crippen LogP contribution in [0.3, 0.4) is 0 Å². The molecule has 0 saturated heterocycles. The van der Waals surface area contributed by atoms with Crippen molar-refractivity contribution in [1.29, 1.82) is 0 Å². The van der Waals surface area contributed by atoms with Gasteiger partial charge in [-0.25, -0.2) is 8.42 Å². The number of rotatable bonds is 7. The van der Waals surface area contributed by atoms with E-state index in [9.17, 15) is 18.0 Å². The van der Waals surface area contributed by atoms with Crippen molar-refractivity contribution in [2.24, 2.45) is 0 Å². The Bertz CT molecular complexity index is 1180. The van der Waals surface area contributed by atoms with E-state index in [-0.39, 0.29) is 34.6 Å². The molecule has 0 aromatic heterocycles. The standard InChI is InChI=1S/C21H23ClN2O7S/c1-11-5-14-18(31-10-21(26)24-14)9-19(11)32(27,28)12(2)6-20(25)23-15-7-13(22)16(29-3)8-17(15)30-4/h5,7-9,12H,6,10H2,1-4H3,(H,23,25)(H,24,26)/t12-/m0/s1. The molecular weight excluding hydrogens is 460 g/mol. The molecule has 2 aromatic carbocycles. The van der Waals surface area contributed by atoms with E-state index in [0.717, 1.165) is 0 Å². The van der Waals surface area contributed by atoms with E-state index in [1.165, 1.54) is 45.4 Å². The van der Waals surface area contributed by atoms with Crippen molar-refractivity contribution in [3.8, 4) is 17.2 Å². The van der Waals surface area contributed by atoms with Gasteiger partial charge in [-0.3, -0.25) is 9.59 Å². The van der Waals surface area contributed by atoms with Gasteiger partial charge < -0.3 is 24.8 Å². The van der Waals surface area contributed by atoms with Gasteiger partial charge in [0.15, 0.2) is 16.4 Å². The maximum Gasteiger partial charge on any atom is 0.262 e. The first-order valence-corrected chi connectivity index (χ1v) is 11.5. The quantitative estimate of drug-likeness (QED) is 0.621. The van der Waals surface area contributed by atoms with Gasteiger partial charge in [-0.15, -0.1) is 0 Å². The van der Waals surface area contributed by atoms with Crippen molar-refractivity contribution >= 4 is 44.6 Å². The summed E-state index contributed by atoms with van der Waals surface area (Å²) in [4.78, 5) is 24.1. The zero-order chi connectivity index (χ0) is 23.6. The highest BCUT2D eigenvalue weighted by molar-refractivity contribution is 7.92. The van der Waals surface area contributed by atoms with E-state index >= 15 is 0 Å². The average molecular weight is 483 g/mol. The normalized spacial score (nSPS) is 14.0. The number of carbonyl (C=O) groups excluding carboxylic acids is 2. The second-order valence-corrected chi connectivity index (χ2v) is 9.99. The predicted molar refractivity (Wildman–Crippen MR) is 120 cm³/mol. The van der Waals surface area contributed by atoms with E-state index < -0.39 is 21.0 Å². The van der Waals surface area contributed by atoms with Crippen molar-refractivity contribution in [3.05, 3.63) is 34.9 Å². The van der Waals surface area contributed by atoms with Gasteiger partial charge in [0, 0.05) is 18.6 Å². The van der Waals surface area contributed by atoms with Gasteiger partial charge in [0.1, 0.15) is 17.2 Å². The molecular formula is C21H23ClN2O7S. The van der Waals surface area contributed by atoms with Crippen LogP contribution in [0.5, 0.6) is 17.2 Å². The van der Waals surface area contributed by atoms with E-state index in [1.807, 2.05) is 0 Å². The zero-order valence-corrected chi connectivity index (χ0v) is 19.5. The highest BCUT2D eigenvalue weighted by atomic mass is 35.5. The van der Waals surface area contributed by atoms with Crippen LogP contribution < -0.4 is 24.8 Å². The summed E-state index contributed by atoms with van der Waals surface area (Å²) in [5, 5.41) is 4.51. The summed E-state index contributed by atoms with van der Waals surface area (Å²) < 4.78 is 42.0. The van der Waals surface area contributed by atoms with Crippen LogP contribution in [0.1, 0.15) is 18.9 Å². The van der Waals surface area contributed by atoms with Gasteiger partial charge >= 0.3 is 0 Å². The van der Waals surface area contributed by atoms with Crippen LogP contribution >= 0.6 is 11.6 Å². The van der Waals surface area contributed by atoms with Crippen LogP contribution in [0.25, 0.3) is 0 Å². The molecule has 1 atom stereocenters. The molecule has 1 aliphatic rings. The SMILES string of the molecule is COc1cc(OC)c(NC(=O)C[C@H](C)S(=O)(=O)c2cc3c(cc2C)NC(=O)CO3)cc1Cl. The maximum absolute atomic E-state index is 13.2. The Labute approximate surface area is 190 Å². The number of hydrogen-bond donors (Lipinski definition) is 2. The van der Waals surface area contributed by atoms with Crippen LogP contribution in [0.15, 0.2) is 29.2 Å². The molecule has 9 nitrogen and oxygen atoms in total. The van der Waals surface area contributed by atoms with Crippen LogP contribution in [0.4, 0.5) is 11.4 Å². The number of anilines is 2. The Morgan fingerprint density at radius 2 is 1.91 bits per heavy atom. The number of fused-ring (bicyclic) bond motifs is 1. The number of hydrogen-bond acceptors (Lipinski definition) is 7. The van der Waals surface area contributed by atoms with Gasteiger partial charge in [0.25, 0.3) is 5.91 Å². The van der Waals surface area contributed by atoms with Crippen LogP contribution in [0, 0.1) is 6.92 Å². The second-order valence-electron chi connectivity index (χ2n) is 7.25. The lowest BCUT2D eigenvalue weighted by atomic mass is 10.2. The van der Waals surface area contributed by atoms with Gasteiger partial charge in [-0.1, -0.05) is 11.6 Å². The van der Waals surface area contributed by atoms with E-state index in [0.29, 0.717) is 28.4 Å². The lowest BCUT2D eigenvalue weighted by molar-refractivity contribution is -0.118. The molecule has 2 N–H and O–H groups in total. The third-order valence-corrected chi connectivity index (χ3v) is 7.54. The zero-order valence-electron chi connectivity index (χ0n) is 17.9. The number of amides is 2. The molecule has 0 fully saturated rings. The summed E-state index contributed by atoms with van der Waals surface area (Å²) in [5.41, 5.74) is 1.14. The monoisotopic (exact) mass is 482 g/mol. The van der Waals surface area contributed by atoms with E-state index in [1.54, 1.807) is 6.92 Å². The molecule has 0 saturated carbocycles. The first kappa shape index (κ1) is 23.7. The number of sulfone groups is 1. The molecule has 11 heteroatoms. The first-order chi connectivity index (χ1) is 15.1. The first-order valence-electron chi connectivity index (χ1n) is 9.59. The lowest BCUT2D eigenvalue weighted by Crippen LogP contribution is -2.27. The fraction of sp³-hybridized carbons (Fsp3) is 0.333. The van der Waals surface area contributed by atoms with Crippen LogP contribution in [-0.2, 0) is 19.4 Å². The molecule has 0 unspecified atom stereocenters. The summed E-state index contributed by atoms with van der Waals surface area (Å²) in [5.74, 6) is 0.118. The largest absolute Gasteiger partial charge is 0.495 e. The van der Waals surface area contributed by atoms with Gasteiger partial charge in [0.05, 0.1) is 40.8 Å². The van der Waals surface area contributed by atoms with E-state index in [4.69, 9.17) is 25.8 Å². The minimum Gasteiger partial charge on any atom is -0.495 e. The Kier molecular flexibility index (Phi) is 6.85. The van der Waals surface area contributed by atoms with Crippen LogP contribution in [-0.4, -0.2) is 46.3 Å². The number of halogens is 1. The third-order valence-electron chi connectivity index (χ3n) is 4.97. The summed E-state index contributed by atoms with van der Waals surface area (Å²) >= 11 is 6.12. The summed E-state index contributed by atoms with van der Waals surface area (Å²) in [6.07, 6.45) is -0.302. The number of nitrogens with one attached hydrogen (secondary N) is 2. The third kappa shape index (κ3) is 4.76. The van der Waals surface area contributed by atoms with Crippen molar-refractivity contribution in [1.82, 2.24) is 0 Å². The second kappa shape index (κ2) is 9.25. The molecule has 2 amide bonds. The highest BCUT2D eigenvalue weighted by Gasteiger charge is 2.30. The van der Waals surface area contributed by atoms with Crippen molar-refractivity contribution in [3.63, 3.8) is 0 Å². The molecule has 2 aromatic rings. The fourth-order valence-corrected chi connectivity index (χ4v) is 5.09. The number of benzene rings is 2. The molecule has 3 rings (SSSR count). The average Bonchev–Trinajstić information content (AvgIpc) is 2.73. The molecule has 0 bridgehead atoms. The minimum atomic E-state index is -3.87. The number of ether oxygens (including phenoxy) is 3. The Morgan fingerprint density at radius 3 is 2.56 bits per heavy atom. The van der Waals surface area contributed by atoms with E-state index in [2.05, 4.69) is 10.6 Å². The summed E-state index contributed by atoms with van der Waals surface area (Å²) in [6.45, 7) is 2.87. The van der Waals surface area contributed by atoms with Crippen molar-refractivity contribution in [2.45, 2.75) is 30.4 Å². The molecule has 32 heavy (non-hydrogen) atoms. The fourth-order valence-electron chi connectivity index (χ4n) is 3.27. The maximum atomic E-state index is 13.2. The number of methoxy groups -OCH3 is 2. The lowest BCUT2D eigenvalue weighted by Gasteiger charge is -2.21. The summed E-state index contributed by atoms with van der Waals surface area (Å²) in [7, 11) is -0.993. The predicted octanol–water partition coefficient (Wildman–Crippen LogP) is 3.19. The van der Waals surface area contributed by atoms with Crippen molar-refractivity contribution < 1.29 is 32.2 Å². The van der Waals surface area contributed by atoms with Gasteiger partial charge in [-0.05, 0) is 31.5 Å². The molecule has 0 aliphatic carbocycles. The van der Waals surface area contributed by atoms with Gasteiger partial charge in [-0.2, -0.15) is 0 Å². The molecule has 172 valence electrons. The smallest absolute Gasteiger partial charge is 0.262 e. The highest BCUT2D eigenvalue weighted by Crippen LogP contribution is 2.37. The molecule has 1 aliphatic heterocycles. The Hall–Kier alpha value is -2.98. The Balaban J connectivity index is 1.80. The van der Waals surface area contributed by atoms with Crippen molar-refractivity contribution in [2.75, 3.05) is 31.5 Å². The molecule has 1 heterocycles. The number of aryl methyl sites for hydroxylation is 1. The minimum absolute atomic E-state index is 0.0396. The topological polar surface area (TPSA) is 120 Å².